The summed E-state index contributed by atoms with van der Waals surface area (Å²) in [5.41, 5.74) is 0.926. The van der Waals surface area contributed by atoms with E-state index in [4.69, 9.17) is 20.2 Å². The van der Waals surface area contributed by atoms with Gasteiger partial charge in [0.25, 0.3) is 0 Å². The van der Waals surface area contributed by atoms with Gasteiger partial charge in [-0.3, -0.25) is 0 Å². The lowest BCUT2D eigenvalue weighted by atomic mass is 10.3. The summed E-state index contributed by atoms with van der Waals surface area (Å²) in [4.78, 5) is 0. The van der Waals surface area contributed by atoms with Crippen LogP contribution in [0, 0.1) is 0 Å². The van der Waals surface area contributed by atoms with Gasteiger partial charge in [0, 0.05) is 5.69 Å². The van der Waals surface area contributed by atoms with Crippen LogP contribution in [0.25, 0.3) is 0 Å². The molecule has 0 aliphatic heterocycles. The molecule has 68 valence electrons. The summed E-state index contributed by atoms with van der Waals surface area (Å²) >= 11 is 4.79. The first-order chi connectivity index (χ1) is 6.33. The number of anilines is 1. The Labute approximate surface area is 86.2 Å². The van der Waals surface area contributed by atoms with E-state index < -0.39 is 0 Å². The van der Waals surface area contributed by atoms with Gasteiger partial charge in [0.05, 0.1) is 0 Å². The Morgan fingerprint density at radius 2 is 1.77 bits per heavy atom. The van der Waals surface area contributed by atoms with E-state index in [2.05, 4.69) is 10.5 Å². The van der Waals surface area contributed by atoms with Crippen molar-refractivity contribution >= 4 is 31.0 Å². The van der Waals surface area contributed by atoms with Crippen molar-refractivity contribution in [2.75, 3.05) is 5.32 Å². The third-order valence-electron chi connectivity index (χ3n) is 1.16. The highest BCUT2D eigenvalue weighted by molar-refractivity contribution is 7.80. The van der Waals surface area contributed by atoms with Gasteiger partial charge in [-0.2, -0.15) is 0 Å². The number of rotatable bonds is 1. The second kappa shape index (κ2) is 7.62. The van der Waals surface area contributed by atoms with Crippen LogP contribution in [-0.2, 0) is 0 Å². The number of benzene rings is 1. The van der Waals surface area contributed by atoms with Crippen LogP contribution in [0.4, 0.5) is 5.69 Å². The van der Waals surface area contributed by atoms with Gasteiger partial charge in [-0.1, -0.05) is 32.0 Å². The molecule has 0 atom stereocenters. The van der Waals surface area contributed by atoms with E-state index in [1.54, 1.807) is 0 Å². The number of hydrogen-bond donors (Lipinski definition) is 2. The Morgan fingerprint density at radius 3 is 2.23 bits per heavy atom. The number of thiocarbonyl (C=S) groups is 1. The van der Waals surface area contributed by atoms with Crippen molar-refractivity contribution in [3.05, 3.63) is 30.3 Å². The van der Waals surface area contributed by atoms with Crippen LogP contribution in [0.5, 0.6) is 0 Å². The van der Waals surface area contributed by atoms with Gasteiger partial charge in [0.15, 0.2) is 5.11 Å². The largest absolute Gasteiger partial charge is 0.415 e. The lowest BCUT2D eigenvalue weighted by molar-refractivity contribution is 1.50. The maximum atomic E-state index is 5.07. The second-order valence-corrected chi connectivity index (χ2v) is 2.37. The molecule has 0 fully saturated rings. The highest BCUT2D eigenvalue weighted by Gasteiger charge is 1.90. The molecule has 2 radical (unpaired) electrons. The van der Waals surface area contributed by atoms with Crippen molar-refractivity contribution in [1.82, 2.24) is 5.23 Å². The van der Waals surface area contributed by atoms with Crippen LogP contribution in [0.2, 0.25) is 0 Å². The summed E-state index contributed by atoms with van der Waals surface area (Å²) in [5.74, 6) is 0. The Bertz CT molecular complexity index is 239. The fourth-order valence-corrected chi connectivity index (χ4v) is 0.807. The Kier molecular flexibility index (Phi) is 7.01. The van der Waals surface area contributed by atoms with Crippen LogP contribution in [-0.4, -0.2) is 13.1 Å². The quantitative estimate of drug-likeness (QED) is 0.526. The van der Waals surface area contributed by atoms with E-state index in [9.17, 15) is 0 Å². The molecular weight excluding hydrogens is 179 g/mol. The predicted molar refractivity (Wildman–Crippen MR) is 62.9 cm³/mol. The molecule has 0 aliphatic rings. The van der Waals surface area contributed by atoms with E-state index in [1.165, 1.54) is 0 Å². The highest BCUT2D eigenvalue weighted by Crippen LogP contribution is 2.03. The van der Waals surface area contributed by atoms with Crippen molar-refractivity contribution in [2.24, 2.45) is 0 Å². The SMILES string of the molecule is CC.[B]NC(=S)Nc1ccccc1. The number of para-hydroxylation sites is 1. The second-order valence-electron chi connectivity index (χ2n) is 1.96. The molecule has 0 saturated heterocycles. The maximum absolute atomic E-state index is 5.07. The number of nitrogens with one attached hydrogen (secondary N) is 2. The lowest BCUT2D eigenvalue weighted by Gasteiger charge is -2.05. The molecule has 2 nitrogen and oxygen atoms in total. The maximum Gasteiger partial charge on any atom is 0.225 e. The smallest absolute Gasteiger partial charge is 0.225 e. The topological polar surface area (TPSA) is 24.1 Å². The molecule has 0 amide bonds. The molecule has 0 bridgehead atoms. The zero-order valence-electron chi connectivity index (χ0n) is 7.87. The summed E-state index contributed by atoms with van der Waals surface area (Å²) in [6.07, 6.45) is 0. The minimum Gasteiger partial charge on any atom is -0.415 e. The van der Waals surface area contributed by atoms with E-state index in [1.807, 2.05) is 44.2 Å². The summed E-state index contributed by atoms with van der Waals surface area (Å²) in [5, 5.41) is 5.63. The molecule has 0 saturated carbocycles. The first-order valence-electron chi connectivity index (χ1n) is 4.15. The molecule has 0 heterocycles. The van der Waals surface area contributed by atoms with Crippen molar-refractivity contribution in [3.63, 3.8) is 0 Å². The first kappa shape index (κ1) is 12.0. The van der Waals surface area contributed by atoms with Gasteiger partial charge < -0.3 is 10.5 Å². The Hall–Kier alpha value is -1.03. The van der Waals surface area contributed by atoms with Crippen LogP contribution in [0.3, 0.4) is 0 Å². The first-order valence-corrected chi connectivity index (χ1v) is 4.56. The van der Waals surface area contributed by atoms with Crippen LogP contribution < -0.4 is 10.5 Å². The van der Waals surface area contributed by atoms with E-state index in [0.717, 1.165) is 5.69 Å². The summed E-state index contributed by atoms with van der Waals surface area (Å²) in [6.45, 7) is 4.00. The third-order valence-corrected chi connectivity index (χ3v) is 1.38. The lowest BCUT2D eigenvalue weighted by Crippen LogP contribution is -2.25. The van der Waals surface area contributed by atoms with Gasteiger partial charge in [-0.25, -0.2) is 0 Å². The molecule has 0 aliphatic carbocycles. The fourth-order valence-electron chi connectivity index (χ4n) is 0.689. The van der Waals surface area contributed by atoms with Crippen molar-refractivity contribution in [2.45, 2.75) is 13.8 Å². The van der Waals surface area contributed by atoms with Gasteiger partial charge in [0.2, 0.25) is 7.98 Å². The summed E-state index contributed by atoms with van der Waals surface area (Å²) < 4.78 is 0. The van der Waals surface area contributed by atoms with E-state index in [0.29, 0.717) is 5.11 Å². The third kappa shape index (κ3) is 5.25. The molecule has 4 heteroatoms. The van der Waals surface area contributed by atoms with Crippen molar-refractivity contribution in [1.29, 1.82) is 0 Å². The van der Waals surface area contributed by atoms with Gasteiger partial charge in [-0.15, -0.1) is 0 Å². The zero-order chi connectivity index (χ0) is 10.1. The average molecular weight is 192 g/mol. The number of hydrogen-bond acceptors (Lipinski definition) is 1. The minimum atomic E-state index is 0.413. The van der Waals surface area contributed by atoms with Gasteiger partial charge >= 0.3 is 0 Å². The Balaban J connectivity index is 0.000000671. The minimum absolute atomic E-state index is 0.413. The van der Waals surface area contributed by atoms with E-state index in [-0.39, 0.29) is 0 Å². The van der Waals surface area contributed by atoms with Gasteiger partial charge in [-0.05, 0) is 24.4 Å². The Morgan fingerprint density at radius 1 is 1.23 bits per heavy atom. The van der Waals surface area contributed by atoms with E-state index >= 15 is 0 Å². The van der Waals surface area contributed by atoms with Gasteiger partial charge in [0.1, 0.15) is 0 Å². The summed E-state index contributed by atoms with van der Waals surface area (Å²) in [6, 6.07) is 9.58. The standard InChI is InChI=1S/C7H7BN2S.C2H6/c8-10-7(11)9-6-4-2-1-3-5-6;1-2/h1-5H,(H2,9,10,11);1-2H3. The normalized spacial score (nSPS) is 7.85. The molecule has 0 aromatic heterocycles. The molecule has 1 aromatic carbocycles. The monoisotopic (exact) mass is 192 g/mol. The zero-order valence-corrected chi connectivity index (χ0v) is 8.69. The molecular formula is C9H13BN2S. The fraction of sp³-hybridized carbons (Fsp3) is 0.222. The predicted octanol–water partition coefficient (Wildman–Crippen LogP) is 2.08. The summed E-state index contributed by atoms with van der Waals surface area (Å²) in [7, 11) is 5.07. The molecule has 1 rings (SSSR count). The van der Waals surface area contributed by atoms with Crippen molar-refractivity contribution in [3.8, 4) is 0 Å². The highest BCUT2D eigenvalue weighted by atomic mass is 32.1. The molecule has 2 N–H and O–H groups in total. The molecule has 0 spiro atoms. The molecule has 1 aromatic rings. The molecule has 13 heavy (non-hydrogen) atoms. The van der Waals surface area contributed by atoms with Crippen LogP contribution >= 0.6 is 12.2 Å². The van der Waals surface area contributed by atoms with Crippen LogP contribution in [0.15, 0.2) is 30.3 Å². The average Bonchev–Trinajstić information content (AvgIpc) is 2.22. The molecule has 0 unspecified atom stereocenters. The van der Waals surface area contributed by atoms with Crippen molar-refractivity contribution < 1.29 is 0 Å². The van der Waals surface area contributed by atoms with Crippen LogP contribution in [0.1, 0.15) is 13.8 Å².